The highest BCUT2D eigenvalue weighted by Crippen LogP contribution is 2.37. The molecule has 3 rings (SSSR count). The van der Waals surface area contributed by atoms with Gasteiger partial charge in [0.15, 0.2) is 0 Å². The molecule has 0 spiro atoms. The molecule has 2 aromatic rings. The van der Waals surface area contributed by atoms with Gasteiger partial charge in [-0.05, 0) is 24.3 Å². The Balaban J connectivity index is 2.38. The molecule has 1 aliphatic rings. The zero-order valence-electron chi connectivity index (χ0n) is 8.62. The predicted octanol–water partition coefficient (Wildman–Crippen LogP) is 2.90. The maximum atomic E-state index is 9.88. The minimum absolute atomic E-state index is 0.367. The summed E-state index contributed by atoms with van der Waals surface area (Å²) < 4.78 is 0. The molecule has 2 nitrogen and oxygen atoms in total. The minimum atomic E-state index is 0.367. The lowest BCUT2D eigenvalue weighted by atomic mass is 10.0. The molecular formula is C13H13NO. The van der Waals surface area contributed by atoms with E-state index in [1.54, 1.807) is 0 Å². The molecule has 15 heavy (non-hydrogen) atoms. The van der Waals surface area contributed by atoms with Crippen LogP contribution >= 0.6 is 0 Å². The Morgan fingerprint density at radius 1 is 1.27 bits per heavy atom. The fourth-order valence-electron chi connectivity index (χ4n) is 2.39. The van der Waals surface area contributed by atoms with Crippen LogP contribution in [0, 0.1) is 0 Å². The second kappa shape index (κ2) is 2.89. The van der Waals surface area contributed by atoms with E-state index >= 15 is 0 Å². The smallest absolute Gasteiger partial charge is 0.125 e. The van der Waals surface area contributed by atoms with Gasteiger partial charge in [-0.15, -0.1) is 0 Å². The van der Waals surface area contributed by atoms with Crippen molar-refractivity contribution >= 4 is 16.5 Å². The molecule has 0 saturated carbocycles. The van der Waals surface area contributed by atoms with E-state index in [1.807, 2.05) is 24.3 Å². The summed E-state index contributed by atoms with van der Waals surface area (Å²) in [5.74, 6) is 0.367. The molecule has 0 amide bonds. The fraction of sp³-hybridized carbons (Fsp3) is 0.231. The fourth-order valence-corrected chi connectivity index (χ4v) is 2.39. The Morgan fingerprint density at radius 3 is 2.80 bits per heavy atom. The second-order valence-corrected chi connectivity index (χ2v) is 4.22. The molecule has 1 heterocycles. The number of rotatable bonds is 0. The first-order chi connectivity index (χ1) is 7.25. The molecule has 1 aliphatic heterocycles. The number of hydrogen-bond acceptors (Lipinski definition) is 2. The Kier molecular flexibility index (Phi) is 1.66. The highest BCUT2D eigenvalue weighted by atomic mass is 16.3. The van der Waals surface area contributed by atoms with E-state index in [9.17, 15) is 5.11 Å². The maximum absolute atomic E-state index is 9.88. The molecule has 1 atom stereocenters. The van der Waals surface area contributed by atoms with Crippen LogP contribution < -0.4 is 5.32 Å². The number of benzene rings is 2. The Hall–Kier alpha value is -1.70. The summed E-state index contributed by atoms with van der Waals surface area (Å²) in [4.78, 5) is 0. The molecule has 0 unspecified atom stereocenters. The van der Waals surface area contributed by atoms with Gasteiger partial charge in [0.25, 0.3) is 0 Å². The van der Waals surface area contributed by atoms with Gasteiger partial charge in [-0.25, -0.2) is 0 Å². The van der Waals surface area contributed by atoms with Crippen LogP contribution in [0.15, 0.2) is 30.3 Å². The summed E-state index contributed by atoms with van der Waals surface area (Å²) in [6, 6.07) is 10.3. The number of aromatic hydroxyl groups is 1. The van der Waals surface area contributed by atoms with Crippen molar-refractivity contribution in [3.63, 3.8) is 0 Å². The first-order valence-corrected chi connectivity index (χ1v) is 5.26. The quantitative estimate of drug-likeness (QED) is 0.683. The van der Waals surface area contributed by atoms with Crippen LogP contribution in [0.2, 0.25) is 0 Å². The van der Waals surface area contributed by atoms with Gasteiger partial charge in [0.1, 0.15) is 5.75 Å². The van der Waals surface area contributed by atoms with Gasteiger partial charge >= 0.3 is 0 Å². The Labute approximate surface area is 88.5 Å². The van der Waals surface area contributed by atoms with E-state index < -0.39 is 0 Å². The lowest BCUT2D eigenvalue weighted by molar-refractivity contribution is 0.482. The summed E-state index contributed by atoms with van der Waals surface area (Å²) >= 11 is 0. The van der Waals surface area contributed by atoms with E-state index in [1.165, 1.54) is 10.9 Å². The Bertz CT molecular complexity index is 533. The van der Waals surface area contributed by atoms with Crippen LogP contribution in [0.1, 0.15) is 12.5 Å². The summed E-state index contributed by atoms with van der Waals surface area (Å²) in [7, 11) is 0. The maximum Gasteiger partial charge on any atom is 0.125 e. The summed E-state index contributed by atoms with van der Waals surface area (Å²) in [6.07, 6.45) is 1.04. The molecule has 0 aromatic heterocycles. The second-order valence-electron chi connectivity index (χ2n) is 4.22. The third-order valence-electron chi connectivity index (χ3n) is 3.05. The van der Waals surface area contributed by atoms with Crippen LogP contribution in [0.5, 0.6) is 5.75 Å². The third kappa shape index (κ3) is 1.18. The van der Waals surface area contributed by atoms with Gasteiger partial charge in [0.2, 0.25) is 0 Å². The highest BCUT2D eigenvalue weighted by molar-refractivity contribution is 5.95. The average molecular weight is 199 g/mol. The number of anilines is 1. The predicted molar refractivity (Wildman–Crippen MR) is 62.4 cm³/mol. The zero-order valence-corrected chi connectivity index (χ0v) is 8.62. The van der Waals surface area contributed by atoms with E-state index in [2.05, 4.69) is 18.3 Å². The van der Waals surface area contributed by atoms with Crippen LogP contribution in [0.25, 0.3) is 10.8 Å². The van der Waals surface area contributed by atoms with E-state index in [0.717, 1.165) is 17.5 Å². The number of phenols is 1. The minimum Gasteiger partial charge on any atom is -0.507 e. The van der Waals surface area contributed by atoms with Gasteiger partial charge < -0.3 is 10.4 Å². The highest BCUT2D eigenvalue weighted by Gasteiger charge is 2.20. The van der Waals surface area contributed by atoms with Crippen molar-refractivity contribution in [3.05, 3.63) is 35.9 Å². The van der Waals surface area contributed by atoms with Crippen molar-refractivity contribution in [1.82, 2.24) is 0 Å². The number of nitrogens with one attached hydrogen (secondary N) is 1. The topological polar surface area (TPSA) is 32.3 Å². The van der Waals surface area contributed by atoms with Gasteiger partial charge in [-0.2, -0.15) is 0 Å². The molecule has 2 heteroatoms. The Morgan fingerprint density at radius 2 is 2.00 bits per heavy atom. The molecular weight excluding hydrogens is 186 g/mol. The van der Waals surface area contributed by atoms with Gasteiger partial charge in [-0.3, -0.25) is 0 Å². The summed E-state index contributed by atoms with van der Waals surface area (Å²) in [5, 5.41) is 15.4. The first kappa shape index (κ1) is 8.60. The van der Waals surface area contributed by atoms with Crippen LogP contribution in [0.4, 0.5) is 5.69 Å². The van der Waals surface area contributed by atoms with Crippen molar-refractivity contribution in [2.45, 2.75) is 19.4 Å². The lowest BCUT2D eigenvalue weighted by Crippen LogP contribution is -2.08. The van der Waals surface area contributed by atoms with Gasteiger partial charge in [0.05, 0.1) is 0 Å². The van der Waals surface area contributed by atoms with Crippen LogP contribution in [-0.2, 0) is 6.42 Å². The number of fused-ring (bicyclic) bond motifs is 3. The van der Waals surface area contributed by atoms with Crippen LogP contribution in [0.3, 0.4) is 0 Å². The third-order valence-corrected chi connectivity index (χ3v) is 3.05. The van der Waals surface area contributed by atoms with Gasteiger partial charge in [0, 0.05) is 23.2 Å². The summed E-state index contributed by atoms with van der Waals surface area (Å²) in [5.41, 5.74) is 2.41. The molecule has 0 bridgehead atoms. The normalized spacial score (nSPS) is 18.9. The zero-order chi connectivity index (χ0) is 10.4. The molecule has 76 valence electrons. The van der Waals surface area contributed by atoms with E-state index in [4.69, 9.17) is 0 Å². The molecule has 2 N–H and O–H groups in total. The SMILES string of the molecule is C[C@H]1Cc2c(cc(O)c3ccccc23)N1. The number of phenolic OH excluding ortho intramolecular Hbond substituents is 1. The van der Waals surface area contributed by atoms with Crippen molar-refractivity contribution in [1.29, 1.82) is 0 Å². The molecule has 0 aliphatic carbocycles. The largest absolute Gasteiger partial charge is 0.507 e. The molecule has 2 aromatic carbocycles. The van der Waals surface area contributed by atoms with Crippen molar-refractivity contribution < 1.29 is 5.11 Å². The monoisotopic (exact) mass is 199 g/mol. The average Bonchev–Trinajstić information content (AvgIpc) is 2.59. The van der Waals surface area contributed by atoms with E-state index in [-0.39, 0.29) is 0 Å². The van der Waals surface area contributed by atoms with Crippen molar-refractivity contribution in [2.75, 3.05) is 5.32 Å². The number of hydrogen-bond donors (Lipinski definition) is 2. The van der Waals surface area contributed by atoms with Gasteiger partial charge in [-0.1, -0.05) is 24.3 Å². The summed E-state index contributed by atoms with van der Waals surface area (Å²) in [6.45, 7) is 2.16. The lowest BCUT2D eigenvalue weighted by Gasteiger charge is -2.06. The first-order valence-electron chi connectivity index (χ1n) is 5.26. The standard InChI is InChI=1S/C13H13NO/c1-8-6-11-9-4-2-3-5-10(9)13(15)7-12(11)14-8/h2-5,7-8,14-15H,6H2,1H3/t8-/m0/s1. The molecule has 0 radical (unpaired) electrons. The van der Waals surface area contributed by atoms with Crippen LogP contribution in [-0.4, -0.2) is 11.1 Å². The molecule has 0 fully saturated rings. The molecule has 0 saturated heterocycles. The van der Waals surface area contributed by atoms with Crippen molar-refractivity contribution in [3.8, 4) is 5.75 Å². The van der Waals surface area contributed by atoms with Crippen molar-refractivity contribution in [2.24, 2.45) is 0 Å². The van der Waals surface area contributed by atoms with E-state index in [0.29, 0.717) is 11.8 Å².